The van der Waals surface area contributed by atoms with E-state index >= 15 is 0 Å². The van der Waals surface area contributed by atoms with Gasteiger partial charge in [-0.15, -0.1) is 0 Å². The molecule has 0 aliphatic carbocycles. The molecule has 1 atom stereocenters. The Balaban J connectivity index is 1.76. The average molecular weight is 485 g/mol. The van der Waals surface area contributed by atoms with Crippen LogP contribution in [0.4, 0.5) is 0 Å². The summed E-state index contributed by atoms with van der Waals surface area (Å²) in [7, 11) is 0. The second-order valence-electron chi connectivity index (χ2n) is 6.78. The molecule has 2 aliphatic rings. The molecule has 2 heterocycles. The molecule has 7 heteroatoms. The Morgan fingerprint density at radius 2 is 2.03 bits per heavy atom. The summed E-state index contributed by atoms with van der Waals surface area (Å²) in [5.74, 6) is 0.357. The maximum absolute atomic E-state index is 12.9. The summed E-state index contributed by atoms with van der Waals surface area (Å²) in [4.78, 5) is 19.5. The zero-order chi connectivity index (χ0) is 21.1. The number of nitrogens with zero attached hydrogens (tertiary/aromatic N) is 2. The van der Waals surface area contributed by atoms with Crippen LogP contribution < -0.4 is 4.74 Å². The van der Waals surface area contributed by atoms with Gasteiger partial charge in [-0.1, -0.05) is 58.0 Å². The second kappa shape index (κ2) is 9.10. The number of carbonyl (C=O) groups is 1. The molecule has 2 aliphatic heterocycles. The van der Waals surface area contributed by atoms with E-state index in [1.165, 1.54) is 11.8 Å². The quantitative estimate of drug-likeness (QED) is 0.485. The molecule has 0 radical (unpaired) electrons. The lowest BCUT2D eigenvalue weighted by atomic mass is 9.94. The fourth-order valence-corrected chi connectivity index (χ4v) is 4.65. The van der Waals surface area contributed by atoms with E-state index in [0.717, 1.165) is 20.8 Å². The number of hydrogen-bond donors (Lipinski definition) is 0. The molecule has 5 nitrogen and oxygen atoms in total. The number of benzene rings is 2. The predicted octanol–water partition coefficient (Wildman–Crippen LogP) is 5.80. The summed E-state index contributed by atoms with van der Waals surface area (Å²) in [5.41, 5.74) is 3.14. The number of aliphatic imine (C=N–C) groups is 1. The van der Waals surface area contributed by atoms with Crippen LogP contribution in [0.15, 0.2) is 80.9 Å². The van der Waals surface area contributed by atoms with Crippen molar-refractivity contribution in [3.05, 3.63) is 87.0 Å². The minimum Gasteiger partial charge on any atom is -0.489 e. The Labute approximate surface area is 188 Å². The highest BCUT2D eigenvalue weighted by molar-refractivity contribution is 9.10. The van der Waals surface area contributed by atoms with Crippen molar-refractivity contribution in [2.75, 3.05) is 6.61 Å². The van der Waals surface area contributed by atoms with E-state index in [1.54, 1.807) is 6.92 Å². The molecule has 0 saturated heterocycles. The topological polar surface area (TPSA) is 51.1 Å². The van der Waals surface area contributed by atoms with Gasteiger partial charge in [0.2, 0.25) is 0 Å². The first-order valence-corrected chi connectivity index (χ1v) is 11.3. The average Bonchev–Trinajstić information content (AvgIpc) is 3.20. The van der Waals surface area contributed by atoms with Crippen molar-refractivity contribution in [3.63, 3.8) is 0 Å². The first-order valence-electron chi connectivity index (χ1n) is 9.63. The van der Waals surface area contributed by atoms with E-state index in [9.17, 15) is 4.79 Å². The largest absolute Gasteiger partial charge is 0.489 e. The van der Waals surface area contributed by atoms with Gasteiger partial charge in [-0.3, -0.25) is 0 Å². The molecular formula is C23H21BrN2O3S. The number of fused-ring (bicyclic) bond motifs is 1. The van der Waals surface area contributed by atoms with Gasteiger partial charge >= 0.3 is 5.97 Å². The van der Waals surface area contributed by atoms with Gasteiger partial charge < -0.3 is 14.4 Å². The number of thioether (sulfide) groups is 1. The Bertz CT molecular complexity index is 1050. The monoisotopic (exact) mass is 484 g/mol. The smallest absolute Gasteiger partial charge is 0.338 e. The third kappa shape index (κ3) is 4.18. The van der Waals surface area contributed by atoms with Crippen LogP contribution in [0.3, 0.4) is 0 Å². The Hall–Kier alpha value is -2.51. The van der Waals surface area contributed by atoms with E-state index in [0.29, 0.717) is 30.2 Å². The van der Waals surface area contributed by atoms with Crippen molar-refractivity contribution in [2.45, 2.75) is 26.5 Å². The molecule has 0 unspecified atom stereocenters. The maximum atomic E-state index is 12.9. The van der Waals surface area contributed by atoms with Crippen LogP contribution in [0, 0.1) is 0 Å². The predicted molar refractivity (Wildman–Crippen MR) is 123 cm³/mol. The van der Waals surface area contributed by atoms with Crippen LogP contribution in [0.1, 0.15) is 31.0 Å². The standard InChI is InChI=1S/C23H21BrN2O3S/c1-3-28-22(27)20-15(2)25-23-26(11-12-30-23)21(20)18-13-17(24)9-10-19(18)29-14-16-7-5-4-6-8-16/h4-13,21H,3,14H2,1-2H3/t21-/m1/s1. The van der Waals surface area contributed by atoms with Crippen LogP contribution in [-0.4, -0.2) is 22.6 Å². The summed E-state index contributed by atoms with van der Waals surface area (Å²) >= 11 is 5.11. The SMILES string of the molecule is CCOC(=O)C1=C(C)N=C2SC=CN2[C@@H]1c1cc(Br)ccc1OCc1ccccc1. The van der Waals surface area contributed by atoms with Gasteiger partial charge in [0.25, 0.3) is 0 Å². The zero-order valence-corrected chi connectivity index (χ0v) is 19.1. The minimum absolute atomic E-state index is 0.305. The molecular weight excluding hydrogens is 464 g/mol. The van der Waals surface area contributed by atoms with Gasteiger partial charge in [-0.25, -0.2) is 9.79 Å². The lowest BCUT2D eigenvalue weighted by molar-refractivity contribution is -0.139. The highest BCUT2D eigenvalue weighted by Gasteiger charge is 2.39. The van der Waals surface area contributed by atoms with Gasteiger partial charge in [0.1, 0.15) is 12.4 Å². The van der Waals surface area contributed by atoms with E-state index in [4.69, 9.17) is 9.47 Å². The second-order valence-corrected chi connectivity index (χ2v) is 8.57. The van der Waals surface area contributed by atoms with Crippen LogP contribution in [-0.2, 0) is 16.1 Å². The van der Waals surface area contributed by atoms with Crippen molar-refractivity contribution >= 4 is 38.8 Å². The highest BCUT2D eigenvalue weighted by atomic mass is 79.9. The normalized spacial score (nSPS) is 17.6. The first kappa shape index (κ1) is 20.8. The zero-order valence-electron chi connectivity index (χ0n) is 16.7. The molecule has 2 aromatic rings. The molecule has 0 spiro atoms. The Morgan fingerprint density at radius 1 is 1.23 bits per heavy atom. The number of esters is 1. The van der Waals surface area contributed by atoms with Crippen LogP contribution >= 0.6 is 27.7 Å². The molecule has 2 aromatic carbocycles. The van der Waals surface area contributed by atoms with Gasteiger partial charge in [0, 0.05) is 16.2 Å². The lowest BCUT2D eigenvalue weighted by Crippen LogP contribution is -2.34. The number of ether oxygens (including phenoxy) is 2. The van der Waals surface area contributed by atoms with Gasteiger partial charge in [-0.2, -0.15) is 0 Å². The van der Waals surface area contributed by atoms with Crippen LogP contribution in [0.25, 0.3) is 0 Å². The van der Waals surface area contributed by atoms with E-state index in [-0.39, 0.29) is 12.0 Å². The van der Waals surface area contributed by atoms with Gasteiger partial charge in [0.15, 0.2) is 5.17 Å². The van der Waals surface area contributed by atoms with E-state index in [1.807, 2.05) is 72.0 Å². The molecule has 0 aromatic heterocycles. The fraction of sp³-hybridized carbons (Fsp3) is 0.217. The lowest BCUT2D eigenvalue weighted by Gasteiger charge is -2.34. The van der Waals surface area contributed by atoms with Crippen molar-refractivity contribution in [2.24, 2.45) is 4.99 Å². The molecule has 0 N–H and O–H groups in total. The molecule has 4 rings (SSSR count). The van der Waals surface area contributed by atoms with Crippen molar-refractivity contribution in [3.8, 4) is 5.75 Å². The minimum atomic E-state index is -0.383. The van der Waals surface area contributed by atoms with Gasteiger partial charge in [-0.05, 0) is 43.0 Å². The van der Waals surface area contributed by atoms with Gasteiger partial charge in [0.05, 0.1) is 23.9 Å². The molecule has 0 saturated carbocycles. The summed E-state index contributed by atoms with van der Waals surface area (Å²) in [5, 5.41) is 2.80. The summed E-state index contributed by atoms with van der Waals surface area (Å²) in [6, 6.07) is 15.5. The third-order valence-electron chi connectivity index (χ3n) is 4.82. The third-order valence-corrected chi connectivity index (χ3v) is 6.08. The van der Waals surface area contributed by atoms with Crippen LogP contribution in [0.5, 0.6) is 5.75 Å². The molecule has 0 amide bonds. The van der Waals surface area contributed by atoms with E-state index in [2.05, 4.69) is 20.9 Å². The van der Waals surface area contributed by atoms with Crippen molar-refractivity contribution < 1.29 is 14.3 Å². The number of carbonyl (C=O) groups excluding carboxylic acids is 1. The summed E-state index contributed by atoms with van der Waals surface area (Å²) in [6.07, 6.45) is 1.95. The van der Waals surface area contributed by atoms with Crippen molar-refractivity contribution in [1.82, 2.24) is 4.90 Å². The summed E-state index contributed by atoms with van der Waals surface area (Å²) < 4.78 is 12.5. The van der Waals surface area contributed by atoms with Crippen molar-refractivity contribution in [1.29, 1.82) is 0 Å². The molecule has 0 fully saturated rings. The number of amidine groups is 1. The Kier molecular flexibility index (Phi) is 6.29. The fourth-order valence-electron chi connectivity index (χ4n) is 3.48. The number of halogens is 1. The number of rotatable bonds is 6. The number of hydrogen-bond acceptors (Lipinski definition) is 6. The van der Waals surface area contributed by atoms with Crippen LogP contribution in [0.2, 0.25) is 0 Å². The maximum Gasteiger partial charge on any atom is 0.338 e. The molecule has 154 valence electrons. The van der Waals surface area contributed by atoms with E-state index < -0.39 is 0 Å². The first-order chi connectivity index (χ1) is 14.6. The molecule has 0 bridgehead atoms. The Morgan fingerprint density at radius 3 is 2.80 bits per heavy atom. The summed E-state index contributed by atoms with van der Waals surface area (Å²) in [6.45, 7) is 4.40. The highest BCUT2D eigenvalue weighted by Crippen LogP contribution is 2.44. The number of allylic oxidation sites excluding steroid dienone is 1. The molecule has 30 heavy (non-hydrogen) atoms.